The fourth-order valence-electron chi connectivity index (χ4n) is 2.21. The summed E-state index contributed by atoms with van der Waals surface area (Å²) in [5.74, 6) is 0. The predicted molar refractivity (Wildman–Crippen MR) is 64.0 cm³/mol. The predicted octanol–water partition coefficient (Wildman–Crippen LogP) is 1.52. The van der Waals surface area contributed by atoms with E-state index >= 15 is 0 Å². The molecule has 2 heteroatoms. The molecule has 0 saturated carbocycles. The molecule has 1 saturated heterocycles. The Morgan fingerprint density at radius 3 is 2.73 bits per heavy atom. The van der Waals surface area contributed by atoms with Crippen LogP contribution in [0.3, 0.4) is 0 Å². The van der Waals surface area contributed by atoms with Crippen molar-refractivity contribution in [3.05, 3.63) is 35.9 Å². The molecule has 82 valence electrons. The molecule has 0 spiro atoms. The monoisotopic (exact) mass is 204 g/mol. The zero-order valence-corrected chi connectivity index (χ0v) is 9.61. The molecule has 0 aromatic heterocycles. The number of likely N-dealkylation sites (N-methyl/N-ethyl adjacent to an activating group) is 1. The van der Waals surface area contributed by atoms with Crippen LogP contribution >= 0.6 is 0 Å². The van der Waals surface area contributed by atoms with E-state index in [4.69, 9.17) is 0 Å². The Balaban J connectivity index is 1.99. The van der Waals surface area contributed by atoms with Crippen LogP contribution in [0.1, 0.15) is 12.5 Å². The highest BCUT2D eigenvalue weighted by molar-refractivity contribution is 5.16. The van der Waals surface area contributed by atoms with Gasteiger partial charge in [0.05, 0.1) is 0 Å². The van der Waals surface area contributed by atoms with Crippen LogP contribution in [0.4, 0.5) is 0 Å². The molecule has 15 heavy (non-hydrogen) atoms. The van der Waals surface area contributed by atoms with Crippen LogP contribution < -0.4 is 5.32 Å². The van der Waals surface area contributed by atoms with E-state index < -0.39 is 0 Å². The van der Waals surface area contributed by atoms with Crippen molar-refractivity contribution >= 4 is 0 Å². The molecule has 0 bridgehead atoms. The largest absolute Gasteiger partial charge is 0.314 e. The number of nitrogens with one attached hydrogen (secondary N) is 1. The second-order valence-electron chi connectivity index (χ2n) is 4.52. The lowest BCUT2D eigenvalue weighted by Crippen LogP contribution is -2.55. The summed E-state index contributed by atoms with van der Waals surface area (Å²) in [4.78, 5) is 2.49. The summed E-state index contributed by atoms with van der Waals surface area (Å²) in [6, 6.07) is 12.0. The minimum Gasteiger partial charge on any atom is -0.314 e. The first-order valence-corrected chi connectivity index (χ1v) is 5.74. The van der Waals surface area contributed by atoms with Crippen molar-refractivity contribution in [1.29, 1.82) is 0 Å². The molecule has 1 N–H and O–H groups in total. The van der Waals surface area contributed by atoms with Gasteiger partial charge in [0.1, 0.15) is 0 Å². The molecule has 1 aliphatic heterocycles. The van der Waals surface area contributed by atoms with Crippen LogP contribution in [0.25, 0.3) is 0 Å². The Hall–Kier alpha value is -0.860. The number of rotatable bonds is 2. The average molecular weight is 204 g/mol. The quantitative estimate of drug-likeness (QED) is 0.786. The molecule has 2 rings (SSSR count). The van der Waals surface area contributed by atoms with Gasteiger partial charge in [-0.25, -0.2) is 0 Å². The molecule has 1 unspecified atom stereocenters. The number of nitrogens with zero attached hydrogens (tertiary/aromatic N) is 1. The van der Waals surface area contributed by atoms with Crippen molar-refractivity contribution in [2.45, 2.75) is 25.4 Å². The topological polar surface area (TPSA) is 15.3 Å². The first kappa shape index (κ1) is 10.7. The highest BCUT2D eigenvalue weighted by Crippen LogP contribution is 2.12. The van der Waals surface area contributed by atoms with Gasteiger partial charge in [-0.1, -0.05) is 30.3 Å². The Morgan fingerprint density at radius 2 is 2.00 bits per heavy atom. The van der Waals surface area contributed by atoms with E-state index in [1.807, 2.05) is 0 Å². The summed E-state index contributed by atoms with van der Waals surface area (Å²) in [6.45, 7) is 4.50. The molecule has 2 atom stereocenters. The summed E-state index contributed by atoms with van der Waals surface area (Å²) < 4.78 is 0. The van der Waals surface area contributed by atoms with Gasteiger partial charge in [0, 0.05) is 25.2 Å². The van der Waals surface area contributed by atoms with Crippen LogP contribution in [0.2, 0.25) is 0 Å². The van der Waals surface area contributed by atoms with E-state index in [9.17, 15) is 0 Å². The number of hydrogen-bond acceptors (Lipinski definition) is 2. The second kappa shape index (κ2) is 4.77. The van der Waals surface area contributed by atoms with Gasteiger partial charge in [0.25, 0.3) is 0 Å². The minimum atomic E-state index is 0.635. The SMILES string of the molecule is CC1CNC[C@H](Cc2ccccc2)N1C. The van der Waals surface area contributed by atoms with Crippen molar-refractivity contribution < 1.29 is 0 Å². The van der Waals surface area contributed by atoms with E-state index in [-0.39, 0.29) is 0 Å². The van der Waals surface area contributed by atoms with Crippen molar-refractivity contribution in [1.82, 2.24) is 10.2 Å². The molecule has 2 nitrogen and oxygen atoms in total. The Bertz CT molecular complexity index is 297. The van der Waals surface area contributed by atoms with Gasteiger partial charge >= 0.3 is 0 Å². The third-order valence-electron chi connectivity index (χ3n) is 3.41. The van der Waals surface area contributed by atoms with Crippen molar-refractivity contribution in [2.24, 2.45) is 0 Å². The smallest absolute Gasteiger partial charge is 0.0261 e. The van der Waals surface area contributed by atoms with Gasteiger partial charge < -0.3 is 5.32 Å². The van der Waals surface area contributed by atoms with Crippen LogP contribution in [-0.4, -0.2) is 37.1 Å². The molecule has 0 radical (unpaired) electrons. The normalized spacial score (nSPS) is 27.9. The van der Waals surface area contributed by atoms with Crippen molar-refractivity contribution in [3.8, 4) is 0 Å². The Kier molecular flexibility index (Phi) is 3.39. The van der Waals surface area contributed by atoms with Gasteiger partial charge in [-0.3, -0.25) is 4.90 Å². The summed E-state index contributed by atoms with van der Waals surface area (Å²) in [5, 5.41) is 3.49. The molecule has 1 fully saturated rings. The van der Waals surface area contributed by atoms with E-state index in [1.165, 1.54) is 5.56 Å². The molecule has 1 aromatic rings. The lowest BCUT2D eigenvalue weighted by atomic mass is 10.0. The summed E-state index contributed by atoms with van der Waals surface area (Å²) in [7, 11) is 2.24. The summed E-state index contributed by atoms with van der Waals surface area (Å²) in [5.41, 5.74) is 1.44. The highest BCUT2D eigenvalue weighted by atomic mass is 15.2. The van der Waals surface area contributed by atoms with Crippen LogP contribution in [0.5, 0.6) is 0 Å². The maximum atomic E-state index is 3.49. The molecule has 0 amide bonds. The molecule has 1 aliphatic rings. The molecule has 1 heterocycles. The Labute approximate surface area is 92.3 Å². The van der Waals surface area contributed by atoms with E-state index in [1.54, 1.807) is 0 Å². The first-order valence-electron chi connectivity index (χ1n) is 5.74. The van der Waals surface area contributed by atoms with Gasteiger partial charge in [-0.05, 0) is 26.0 Å². The molecular weight excluding hydrogens is 184 g/mol. The zero-order chi connectivity index (χ0) is 10.7. The van der Waals surface area contributed by atoms with Crippen LogP contribution in [-0.2, 0) is 6.42 Å². The minimum absolute atomic E-state index is 0.635. The Morgan fingerprint density at radius 1 is 1.27 bits per heavy atom. The second-order valence-corrected chi connectivity index (χ2v) is 4.52. The standard InChI is InChI=1S/C13H20N2/c1-11-9-14-10-13(15(11)2)8-12-6-4-3-5-7-12/h3-7,11,13-14H,8-10H2,1-2H3/t11?,13-/m0/s1. The number of piperazine rings is 1. The van der Waals surface area contributed by atoms with E-state index in [2.05, 4.69) is 54.5 Å². The number of hydrogen-bond donors (Lipinski definition) is 1. The van der Waals surface area contributed by atoms with Gasteiger partial charge in [0.2, 0.25) is 0 Å². The van der Waals surface area contributed by atoms with Gasteiger partial charge in [-0.15, -0.1) is 0 Å². The zero-order valence-electron chi connectivity index (χ0n) is 9.61. The van der Waals surface area contributed by atoms with Crippen LogP contribution in [0.15, 0.2) is 30.3 Å². The van der Waals surface area contributed by atoms with E-state index in [0.29, 0.717) is 12.1 Å². The summed E-state index contributed by atoms with van der Waals surface area (Å²) in [6.07, 6.45) is 1.15. The maximum absolute atomic E-state index is 3.49. The van der Waals surface area contributed by atoms with E-state index in [0.717, 1.165) is 19.5 Å². The van der Waals surface area contributed by atoms with Crippen molar-refractivity contribution in [3.63, 3.8) is 0 Å². The van der Waals surface area contributed by atoms with Crippen molar-refractivity contribution in [2.75, 3.05) is 20.1 Å². The highest BCUT2D eigenvalue weighted by Gasteiger charge is 2.23. The fourth-order valence-corrected chi connectivity index (χ4v) is 2.21. The molecule has 1 aromatic carbocycles. The molecular formula is C13H20N2. The fraction of sp³-hybridized carbons (Fsp3) is 0.538. The lowest BCUT2D eigenvalue weighted by molar-refractivity contribution is 0.140. The maximum Gasteiger partial charge on any atom is 0.0261 e. The lowest BCUT2D eigenvalue weighted by Gasteiger charge is -2.38. The van der Waals surface area contributed by atoms with Gasteiger partial charge in [0.15, 0.2) is 0 Å². The first-order chi connectivity index (χ1) is 7.27. The van der Waals surface area contributed by atoms with Gasteiger partial charge in [-0.2, -0.15) is 0 Å². The third-order valence-corrected chi connectivity index (χ3v) is 3.41. The van der Waals surface area contributed by atoms with Crippen LogP contribution in [0, 0.1) is 0 Å². The third kappa shape index (κ3) is 2.58. The molecule has 0 aliphatic carbocycles. The number of benzene rings is 1. The average Bonchev–Trinajstić information content (AvgIpc) is 2.26. The summed E-state index contributed by atoms with van der Waals surface area (Å²) >= 11 is 0.